The van der Waals surface area contributed by atoms with Crippen molar-refractivity contribution in [1.82, 2.24) is 5.32 Å². The van der Waals surface area contributed by atoms with E-state index in [-0.39, 0.29) is 10.7 Å². The van der Waals surface area contributed by atoms with Gasteiger partial charge in [-0.05, 0) is 25.1 Å². The van der Waals surface area contributed by atoms with Gasteiger partial charge in [-0.3, -0.25) is 4.79 Å². The molecule has 0 aliphatic rings. The Kier molecular flexibility index (Phi) is 4.83. The summed E-state index contributed by atoms with van der Waals surface area (Å²) >= 11 is 5.62. The molecule has 0 saturated heterocycles. The van der Waals surface area contributed by atoms with Crippen LogP contribution in [0.15, 0.2) is 18.2 Å². The second-order valence-electron chi connectivity index (χ2n) is 3.85. The minimum Gasteiger partial charge on any atom is -0.480 e. The number of anilines is 1. The summed E-state index contributed by atoms with van der Waals surface area (Å²) in [6.07, 6.45) is -4.54. The maximum atomic E-state index is 12.4. The highest BCUT2D eigenvalue weighted by atomic mass is 35.5. The van der Waals surface area contributed by atoms with Crippen LogP contribution >= 0.6 is 11.6 Å². The number of nitrogens with one attached hydrogen (secondary N) is 2. The van der Waals surface area contributed by atoms with Crippen molar-refractivity contribution >= 4 is 29.3 Å². The van der Waals surface area contributed by atoms with E-state index in [0.717, 1.165) is 12.1 Å². The number of amides is 2. The van der Waals surface area contributed by atoms with Gasteiger partial charge in [-0.25, -0.2) is 4.79 Å². The SMILES string of the molecule is CC(NC(=O)Nc1ccc(C(F)(F)F)cc1Cl)C(=O)O. The van der Waals surface area contributed by atoms with E-state index in [1.165, 1.54) is 6.92 Å². The Morgan fingerprint density at radius 2 is 1.95 bits per heavy atom. The van der Waals surface area contributed by atoms with Crippen molar-refractivity contribution in [3.05, 3.63) is 28.8 Å². The van der Waals surface area contributed by atoms with E-state index in [0.29, 0.717) is 6.07 Å². The van der Waals surface area contributed by atoms with Crippen LogP contribution in [-0.2, 0) is 11.0 Å². The first-order valence-electron chi connectivity index (χ1n) is 5.28. The molecule has 110 valence electrons. The largest absolute Gasteiger partial charge is 0.480 e. The molecule has 2 amide bonds. The van der Waals surface area contributed by atoms with Crippen molar-refractivity contribution in [2.45, 2.75) is 19.1 Å². The molecule has 1 aromatic rings. The Bertz CT molecular complexity index is 534. The van der Waals surface area contributed by atoms with E-state index in [2.05, 4.69) is 10.6 Å². The number of carbonyl (C=O) groups is 2. The number of carboxylic acids is 1. The number of carbonyl (C=O) groups excluding carboxylic acids is 1. The van der Waals surface area contributed by atoms with E-state index in [1.807, 2.05) is 0 Å². The highest BCUT2D eigenvalue weighted by Gasteiger charge is 2.31. The Balaban J connectivity index is 2.79. The van der Waals surface area contributed by atoms with Crippen LogP contribution in [0, 0.1) is 0 Å². The number of hydrogen-bond acceptors (Lipinski definition) is 2. The summed E-state index contributed by atoms with van der Waals surface area (Å²) in [5, 5.41) is 12.5. The van der Waals surface area contributed by atoms with Crippen LogP contribution in [-0.4, -0.2) is 23.1 Å². The molecule has 1 aromatic carbocycles. The number of halogens is 4. The summed E-state index contributed by atoms with van der Waals surface area (Å²) in [7, 11) is 0. The van der Waals surface area contributed by atoms with E-state index in [1.54, 1.807) is 0 Å². The highest BCUT2D eigenvalue weighted by Crippen LogP contribution is 2.33. The van der Waals surface area contributed by atoms with Gasteiger partial charge in [0.25, 0.3) is 0 Å². The van der Waals surface area contributed by atoms with Crippen LogP contribution in [0.3, 0.4) is 0 Å². The van der Waals surface area contributed by atoms with Crippen LogP contribution in [0.25, 0.3) is 0 Å². The first kappa shape index (κ1) is 16.1. The Morgan fingerprint density at radius 3 is 2.40 bits per heavy atom. The van der Waals surface area contributed by atoms with Gasteiger partial charge in [0.15, 0.2) is 0 Å². The number of benzene rings is 1. The molecule has 3 N–H and O–H groups in total. The number of aliphatic carboxylic acids is 1. The second kappa shape index (κ2) is 6.00. The van der Waals surface area contributed by atoms with Crippen molar-refractivity contribution in [3.8, 4) is 0 Å². The summed E-state index contributed by atoms with van der Waals surface area (Å²) in [4.78, 5) is 21.9. The van der Waals surface area contributed by atoms with E-state index in [4.69, 9.17) is 16.7 Å². The summed E-state index contributed by atoms with van der Waals surface area (Å²) in [6.45, 7) is 1.23. The fourth-order valence-corrected chi connectivity index (χ4v) is 1.44. The molecule has 0 aliphatic carbocycles. The maximum Gasteiger partial charge on any atom is 0.416 e. The first-order valence-corrected chi connectivity index (χ1v) is 5.66. The highest BCUT2D eigenvalue weighted by molar-refractivity contribution is 6.33. The molecule has 9 heteroatoms. The van der Waals surface area contributed by atoms with Crippen LogP contribution < -0.4 is 10.6 Å². The second-order valence-corrected chi connectivity index (χ2v) is 4.26. The normalized spacial score (nSPS) is 12.7. The fraction of sp³-hybridized carbons (Fsp3) is 0.273. The number of rotatable bonds is 3. The smallest absolute Gasteiger partial charge is 0.416 e. The van der Waals surface area contributed by atoms with Crippen molar-refractivity contribution in [1.29, 1.82) is 0 Å². The summed E-state index contributed by atoms with van der Waals surface area (Å²) in [6, 6.07) is 0.362. The van der Waals surface area contributed by atoms with Crippen LogP contribution in [0.1, 0.15) is 12.5 Å². The predicted octanol–water partition coefficient (Wildman–Crippen LogP) is 2.95. The van der Waals surface area contributed by atoms with E-state index in [9.17, 15) is 22.8 Å². The molecular weight excluding hydrogens is 301 g/mol. The molecule has 0 spiro atoms. The predicted molar refractivity (Wildman–Crippen MR) is 65.7 cm³/mol. The molecular formula is C11H10ClF3N2O3. The molecule has 5 nitrogen and oxygen atoms in total. The summed E-state index contributed by atoms with van der Waals surface area (Å²) in [5.74, 6) is -1.25. The van der Waals surface area contributed by atoms with Crippen molar-refractivity contribution in [2.75, 3.05) is 5.32 Å². The summed E-state index contributed by atoms with van der Waals surface area (Å²) in [5.41, 5.74) is -1.01. The van der Waals surface area contributed by atoms with Crippen LogP contribution in [0.2, 0.25) is 5.02 Å². The van der Waals surface area contributed by atoms with Crippen molar-refractivity contribution in [3.63, 3.8) is 0 Å². The molecule has 1 rings (SSSR count). The standard InChI is InChI=1S/C11H10ClF3N2O3/c1-5(9(18)19)16-10(20)17-8-3-2-6(4-7(8)12)11(13,14)15/h2-5H,1H3,(H,18,19)(H2,16,17,20). The molecule has 0 fully saturated rings. The van der Waals surface area contributed by atoms with Gasteiger partial charge in [-0.15, -0.1) is 0 Å². The van der Waals surface area contributed by atoms with Gasteiger partial charge >= 0.3 is 18.2 Å². The quantitative estimate of drug-likeness (QED) is 0.803. The summed E-state index contributed by atoms with van der Waals surface area (Å²) < 4.78 is 37.2. The zero-order chi connectivity index (χ0) is 15.5. The first-order chi connectivity index (χ1) is 9.11. The van der Waals surface area contributed by atoms with Gasteiger partial charge in [-0.1, -0.05) is 11.6 Å². The van der Waals surface area contributed by atoms with Crippen molar-refractivity contribution in [2.24, 2.45) is 0 Å². The van der Waals surface area contributed by atoms with Gasteiger partial charge in [0.2, 0.25) is 0 Å². The minimum absolute atomic E-state index is 0.0604. The molecule has 0 radical (unpaired) electrons. The molecule has 0 heterocycles. The molecule has 0 bridgehead atoms. The monoisotopic (exact) mass is 310 g/mol. The minimum atomic E-state index is -4.54. The number of alkyl halides is 3. The zero-order valence-corrected chi connectivity index (χ0v) is 10.8. The molecule has 1 unspecified atom stereocenters. The lowest BCUT2D eigenvalue weighted by Gasteiger charge is -2.13. The van der Waals surface area contributed by atoms with Crippen LogP contribution in [0.4, 0.5) is 23.7 Å². The lowest BCUT2D eigenvalue weighted by molar-refractivity contribution is -0.139. The van der Waals surface area contributed by atoms with Gasteiger partial charge in [0.05, 0.1) is 16.3 Å². The average Bonchev–Trinajstić information content (AvgIpc) is 2.30. The topological polar surface area (TPSA) is 78.4 Å². The van der Waals surface area contributed by atoms with E-state index < -0.39 is 29.8 Å². The maximum absolute atomic E-state index is 12.4. The third-order valence-electron chi connectivity index (χ3n) is 2.26. The molecule has 0 aliphatic heterocycles. The van der Waals surface area contributed by atoms with E-state index >= 15 is 0 Å². The van der Waals surface area contributed by atoms with Gasteiger partial charge < -0.3 is 15.7 Å². The Morgan fingerprint density at radius 1 is 1.35 bits per heavy atom. The zero-order valence-electron chi connectivity index (χ0n) is 10.1. The average molecular weight is 311 g/mol. The van der Waals surface area contributed by atoms with Crippen LogP contribution in [0.5, 0.6) is 0 Å². The molecule has 1 atom stereocenters. The number of carboxylic acid groups (broad SMARTS) is 1. The third-order valence-corrected chi connectivity index (χ3v) is 2.58. The Labute approximate surface area is 116 Å². The third kappa shape index (κ3) is 4.30. The fourth-order valence-electron chi connectivity index (χ4n) is 1.21. The lowest BCUT2D eigenvalue weighted by atomic mass is 10.2. The number of urea groups is 1. The van der Waals surface area contributed by atoms with Gasteiger partial charge in [-0.2, -0.15) is 13.2 Å². The van der Waals surface area contributed by atoms with Gasteiger partial charge in [0.1, 0.15) is 6.04 Å². The Hall–Kier alpha value is -1.96. The number of hydrogen-bond donors (Lipinski definition) is 3. The van der Waals surface area contributed by atoms with Crippen molar-refractivity contribution < 1.29 is 27.9 Å². The lowest BCUT2D eigenvalue weighted by Crippen LogP contribution is -2.40. The molecule has 0 aromatic heterocycles. The molecule has 0 saturated carbocycles. The van der Waals surface area contributed by atoms with Gasteiger partial charge in [0, 0.05) is 0 Å². The molecule has 20 heavy (non-hydrogen) atoms.